The largest absolute Gasteiger partial charge is 0.497 e. The van der Waals surface area contributed by atoms with Gasteiger partial charge in [0, 0.05) is 17.5 Å². The van der Waals surface area contributed by atoms with Crippen molar-refractivity contribution in [3.63, 3.8) is 0 Å². The van der Waals surface area contributed by atoms with Gasteiger partial charge in [-0.05, 0) is 35.4 Å². The van der Waals surface area contributed by atoms with Crippen molar-refractivity contribution < 1.29 is 4.74 Å². The lowest BCUT2D eigenvalue weighted by Crippen LogP contribution is -2.13. The van der Waals surface area contributed by atoms with E-state index in [-0.39, 0.29) is 5.92 Å². The summed E-state index contributed by atoms with van der Waals surface area (Å²) in [6.07, 6.45) is 0. The summed E-state index contributed by atoms with van der Waals surface area (Å²) in [5, 5.41) is 0.736. The Morgan fingerprint density at radius 1 is 1.11 bits per heavy atom. The van der Waals surface area contributed by atoms with Crippen LogP contribution in [0.4, 0.5) is 0 Å². The summed E-state index contributed by atoms with van der Waals surface area (Å²) in [6, 6.07) is 15.8. The van der Waals surface area contributed by atoms with Gasteiger partial charge in [0.2, 0.25) is 0 Å². The van der Waals surface area contributed by atoms with Gasteiger partial charge >= 0.3 is 0 Å². The highest BCUT2D eigenvalue weighted by Gasteiger charge is 2.12. The lowest BCUT2D eigenvalue weighted by molar-refractivity contribution is 0.414. The predicted molar refractivity (Wildman–Crippen MR) is 75.3 cm³/mol. The Hall–Kier alpha value is -1.51. The van der Waals surface area contributed by atoms with Crippen LogP contribution in [-0.2, 0) is 0 Å². The minimum Gasteiger partial charge on any atom is -0.497 e. The molecular weight excluding hydrogens is 246 g/mol. The van der Waals surface area contributed by atoms with Crippen molar-refractivity contribution in [3.05, 3.63) is 64.7 Å². The fraction of sp³-hybridized carbons (Fsp3) is 0.200. The summed E-state index contributed by atoms with van der Waals surface area (Å²) in [5.41, 5.74) is 8.18. The Morgan fingerprint density at radius 3 is 2.39 bits per heavy atom. The highest BCUT2D eigenvalue weighted by Crippen LogP contribution is 2.27. The monoisotopic (exact) mass is 261 g/mol. The van der Waals surface area contributed by atoms with E-state index < -0.39 is 0 Å². The van der Waals surface area contributed by atoms with Gasteiger partial charge in [-0.3, -0.25) is 0 Å². The van der Waals surface area contributed by atoms with E-state index in [0.717, 1.165) is 16.3 Å². The Balaban J connectivity index is 2.32. The highest BCUT2D eigenvalue weighted by atomic mass is 35.5. The molecule has 0 saturated heterocycles. The number of nitrogens with two attached hydrogens (primary N) is 1. The zero-order valence-corrected chi connectivity index (χ0v) is 11.0. The van der Waals surface area contributed by atoms with E-state index in [1.807, 2.05) is 48.5 Å². The molecule has 0 amide bonds. The molecule has 2 aromatic rings. The molecule has 0 aliphatic rings. The quantitative estimate of drug-likeness (QED) is 0.915. The molecule has 1 atom stereocenters. The first-order chi connectivity index (χ1) is 8.74. The first-order valence-corrected chi connectivity index (χ1v) is 6.22. The molecule has 2 aromatic carbocycles. The SMILES string of the molecule is COc1ccc(C(CN)c2cccc(Cl)c2)cc1. The van der Waals surface area contributed by atoms with Crippen molar-refractivity contribution in [1.29, 1.82) is 0 Å². The fourth-order valence-electron chi connectivity index (χ4n) is 2.02. The molecule has 94 valence electrons. The summed E-state index contributed by atoms with van der Waals surface area (Å²) >= 11 is 6.02. The molecule has 18 heavy (non-hydrogen) atoms. The smallest absolute Gasteiger partial charge is 0.118 e. The van der Waals surface area contributed by atoms with Gasteiger partial charge in [-0.15, -0.1) is 0 Å². The first kappa shape index (κ1) is 12.9. The minimum absolute atomic E-state index is 0.162. The van der Waals surface area contributed by atoms with Gasteiger partial charge in [-0.25, -0.2) is 0 Å². The van der Waals surface area contributed by atoms with Crippen LogP contribution in [0, 0.1) is 0 Å². The van der Waals surface area contributed by atoms with Crippen LogP contribution in [0.1, 0.15) is 17.0 Å². The van der Waals surface area contributed by atoms with Crippen LogP contribution in [0.5, 0.6) is 5.75 Å². The molecule has 2 nitrogen and oxygen atoms in total. The molecule has 0 radical (unpaired) electrons. The van der Waals surface area contributed by atoms with Crippen LogP contribution in [0.25, 0.3) is 0 Å². The number of benzene rings is 2. The van der Waals surface area contributed by atoms with Gasteiger partial charge in [0.05, 0.1) is 7.11 Å². The Morgan fingerprint density at radius 2 is 1.83 bits per heavy atom. The van der Waals surface area contributed by atoms with Crippen LogP contribution in [-0.4, -0.2) is 13.7 Å². The molecular formula is C15H16ClNO. The zero-order chi connectivity index (χ0) is 13.0. The van der Waals surface area contributed by atoms with Gasteiger partial charge in [0.25, 0.3) is 0 Å². The fourth-order valence-corrected chi connectivity index (χ4v) is 2.22. The zero-order valence-electron chi connectivity index (χ0n) is 10.3. The van der Waals surface area contributed by atoms with E-state index in [0.29, 0.717) is 6.54 Å². The van der Waals surface area contributed by atoms with Gasteiger partial charge in [-0.1, -0.05) is 35.9 Å². The van der Waals surface area contributed by atoms with E-state index in [1.165, 1.54) is 5.56 Å². The summed E-state index contributed by atoms with van der Waals surface area (Å²) in [5.74, 6) is 1.01. The van der Waals surface area contributed by atoms with Gasteiger partial charge in [-0.2, -0.15) is 0 Å². The van der Waals surface area contributed by atoms with Crippen molar-refractivity contribution in [2.24, 2.45) is 5.73 Å². The average Bonchev–Trinajstić information content (AvgIpc) is 2.40. The third kappa shape index (κ3) is 2.84. The number of methoxy groups -OCH3 is 1. The summed E-state index contributed by atoms with van der Waals surface area (Å²) < 4.78 is 5.16. The second-order valence-corrected chi connectivity index (χ2v) is 4.55. The molecule has 0 bridgehead atoms. The second-order valence-electron chi connectivity index (χ2n) is 4.12. The van der Waals surface area contributed by atoms with Crippen molar-refractivity contribution in [1.82, 2.24) is 0 Å². The maximum absolute atomic E-state index is 6.02. The third-order valence-corrected chi connectivity index (χ3v) is 3.24. The molecule has 0 aliphatic carbocycles. The predicted octanol–water partition coefficient (Wildman–Crippen LogP) is 3.44. The Bertz CT molecular complexity index is 510. The molecule has 2 rings (SSSR count). The summed E-state index contributed by atoms with van der Waals surface area (Å²) in [4.78, 5) is 0. The molecule has 0 heterocycles. The maximum atomic E-state index is 6.02. The minimum atomic E-state index is 0.162. The van der Waals surface area contributed by atoms with Crippen LogP contribution in [0.2, 0.25) is 5.02 Å². The molecule has 2 N–H and O–H groups in total. The Kier molecular flexibility index (Phi) is 4.24. The van der Waals surface area contributed by atoms with Gasteiger partial charge in [0.15, 0.2) is 0 Å². The number of hydrogen-bond donors (Lipinski definition) is 1. The number of ether oxygens (including phenoxy) is 1. The molecule has 0 aromatic heterocycles. The van der Waals surface area contributed by atoms with Crippen LogP contribution in [0.3, 0.4) is 0 Å². The lowest BCUT2D eigenvalue weighted by Gasteiger charge is -2.16. The first-order valence-electron chi connectivity index (χ1n) is 5.84. The standard InChI is InChI=1S/C15H16ClNO/c1-18-14-7-5-11(6-8-14)15(10-17)12-3-2-4-13(16)9-12/h2-9,15H,10,17H2,1H3. The van der Waals surface area contributed by atoms with E-state index >= 15 is 0 Å². The molecule has 0 fully saturated rings. The van der Waals surface area contributed by atoms with E-state index in [1.54, 1.807) is 7.11 Å². The normalized spacial score (nSPS) is 12.2. The third-order valence-electron chi connectivity index (χ3n) is 3.00. The van der Waals surface area contributed by atoms with Crippen molar-refractivity contribution in [2.75, 3.05) is 13.7 Å². The van der Waals surface area contributed by atoms with Crippen LogP contribution in [0.15, 0.2) is 48.5 Å². The van der Waals surface area contributed by atoms with E-state index in [9.17, 15) is 0 Å². The van der Waals surface area contributed by atoms with E-state index in [2.05, 4.69) is 0 Å². The molecule has 3 heteroatoms. The summed E-state index contributed by atoms with van der Waals surface area (Å²) in [7, 11) is 1.66. The molecule has 0 spiro atoms. The number of halogens is 1. The number of hydrogen-bond acceptors (Lipinski definition) is 2. The van der Waals surface area contributed by atoms with Crippen molar-refractivity contribution >= 4 is 11.6 Å². The number of rotatable bonds is 4. The lowest BCUT2D eigenvalue weighted by atomic mass is 9.91. The molecule has 0 aliphatic heterocycles. The topological polar surface area (TPSA) is 35.2 Å². The van der Waals surface area contributed by atoms with Crippen molar-refractivity contribution in [3.8, 4) is 5.75 Å². The molecule has 1 unspecified atom stereocenters. The Labute approximate surface area is 112 Å². The van der Waals surface area contributed by atoms with Gasteiger partial charge in [0.1, 0.15) is 5.75 Å². The second kappa shape index (κ2) is 5.89. The van der Waals surface area contributed by atoms with Gasteiger partial charge < -0.3 is 10.5 Å². The highest BCUT2D eigenvalue weighted by molar-refractivity contribution is 6.30. The van der Waals surface area contributed by atoms with Crippen LogP contribution >= 0.6 is 11.6 Å². The maximum Gasteiger partial charge on any atom is 0.118 e. The molecule has 0 saturated carbocycles. The van der Waals surface area contributed by atoms with Crippen LogP contribution < -0.4 is 10.5 Å². The van der Waals surface area contributed by atoms with Crippen molar-refractivity contribution in [2.45, 2.75) is 5.92 Å². The summed E-state index contributed by atoms with van der Waals surface area (Å²) in [6.45, 7) is 0.548. The van der Waals surface area contributed by atoms with E-state index in [4.69, 9.17) is 22.1 Å². The average molecular weight is 262 g/mol.